The van der Waals surface area contributed by atoms with Gasteiger partial charge in [0.15, 0.2) is 5.96 Å². The number of thiazole rings is 1. The zero-order valence-electron chi connectivity index (χ0n) is 14.0. The lowest BCUT2D eigenvalue weighted by molar-refractivity contribution is 0.306. The van der Waals surface area contributed by atoms with Crippen LogP contribution >= 0.6 is 11.3 Å². The smallest absolute Gasteiger partial charge is 0.191 e. The van der Waals surface area contributed by atoms with Crippen LogP contribution in [-0.2, 0) is 6.54 Å². The fraction of sp³-hybridized carbons (Fsp3) is 0.412. The van der Waals surface area contributed by atoms with Crippen LogP contribution in [0.5, 0.6) is 5.75 Å². The Hall–Kier alpha value is -2.15. The van der Waals surface area contributed by atoms with Gasteiger partial charge in [0.05, 0.1) is 13.2 Å². The van der Waals surface area contributed by atoms with Gasteiger partial charge in [-0.3, -0.25) is 4.99 Å². The van der Waals surface area contributed by atoms with Gasteiger partial charge in [-0.25, -0.2) is 9.37 Å². The highest BCUT2D eigenvalue weighted by atomic mass is 32.1. The molecule has 1 aromatic carbocycles. The van der Waals surface area contributed by atoms with Crippen LogP contribution in [0.1, 0.15) is 22.7 Å². The number of benzene rings is 1. The van der Waals surface area contributed by atoms with Gasteiger partial charge in [0.1, 0.15) is 16.6 Å². The molecule has 0 unspecified atom stereocenters. The molecule has 0 bridgehead atoms. The van der Waals surface area contributed by atoms with Gasteiger partial charge in [0.2, 0.25) is 0 Å². The van der Waals surface area contributed by atoms with Gasteiger partial charge in [-0.05, 0) is 44.0 Å². The molecule has 0 aliphatic heterocycles. The Balaban J connectivity index is 1.56. The summed E-state index contributed by atoms with van der Waals surface area (Å²) < 4.78 is 18.3. The summed E-state index contributed by atoms with van der Waals surface area (Å²) in [6.45, 7) is 4.13. The molecule has 1 heterocycles. The molecular formula is C17H23FN4OS. The zero-order chi connectivity index (χ0) is 17.2. The average molecular weight is 350 g/mol. The van der Waals surface area contributed by atoms with Crippen molar-refractivity contribution in [1.82, 2.24) is 15.6 Å². The summed E-state index contributed by atoms with van der Waals surface area (Å²) in [5.41, 5.74) is 0. The standard InChI is InChI=1S/C17H23FN4OS/c1-13-11-21-16(24-13)12-22-17(19-2)20-9-3-4-10-23-15-7-5-14(18)6-8-15/h5-8,11H,3-4,9-10,12H2,1-2H3,(H2,19,20,22). The van der Waals surface area contributed by atoms with Crippen LogP contribution in [0.25, 0.3) is 0 Å². The topological polar surface area (TPSA) is 58.5 Å². The van der Waals surface area contributed by atoms with E-state index in [1.54, 1.807) is 30.5 Å². The third-order valence-electron chi connectivity index (χ3n) is 3.25. The molecule has 1 aromatic heterocycles. The average Bonchev–Trinajstić information content (AvgIpc) is 3.00. The Kier molecular flexibility index (Phi) is 7.48. The minimum atomic E-state index is -0.252. The van der Waals surface area contributed by atoms with Gasteiger partial charge in [-0.2, -0.15) is 0 Å². The fourth-order valence-corrected chi connectivity index (χ4v) is 2.74. The molecule has 0 aliphatic carbocycles. The Morgan fingerprint density at radius 1 is 1.25 bits per heavy atom. The van der Waals surface area contributed by atoms with Gasteiger partial charge >= 0.3 is 0 Å². The van der Waals surface area contributed by atoms with Gasteiger partial charge in [0.25, 0.3) is 0 Å². The van der Waals surface area contributed by atoms with Crippen LogP contribution in [0.3, 0.4) is 0 Å². The third-order valence-corrected chi connectivity index (χ3v) is 4.16. The second-order valence-electron chi connectivity index (χ2n) is 5.23. The maximum atomic E-state index is 12.8. The number of guanidine groups is 1. The number of ether oxygens (including phenoxy) is 1. The molecule has 0 saturated carbocycles. The number of aliphatic imine (C=N–C) groups is 1. The lowest BCUT2D eigenvalue weighted by Crippen LogP contribution is -2.37. The summed E-state index contributed by atoms with van der Waals surface area (Å²) >= 11 is 1.68. The highest BCUT2D eigenvalue weighted by molar-refractivity contribution is 7.11. The molecule has 7 heteroatoms. The predicted octanol–water partition coefficient (Wildman–Crippen LogP) is 3.11. The summed E-state index contributed by atoms with van der Waals surface area (Å²) in [6.07, 6.45) is 3.74. The van der Waals surface area contributed by atoms with E-state index in [1.807, 2.05) is 13.1 Å². The van der Waals surface area contributed by atoms with E-state index in [-0.39, 0.29) is 5.82 Å². The highest BCUT2D eigenvalue weighted by Gasteiger charge is 2.01. The monoisotopic (exact) mass is 350 g/mol. The summed E-state index contributed by atoms with van der Waals surface area (Å²) in [6, 6.07) is 6.08. The van der Waals surface area contributed by atoms with E-state index in [2.05, 4.69) is 20.6 Å². The number of hydrogen-bond donors (Lipinski definition) is 2. The van der Waals surface area contributed by atoms with E-state index in [4.69, 9.17) is 4.74 Å². The fourth-order valence-electron chi connectivity index (χ4n) is 2.02. The molecule has 24 heavy (non-hydrogen) atoms. The van der Waals surface area contributed by atoms with Crippen LogP contribution in [0.4, 0.5) is 4.39 Å². The lowest BCUT2D eigenvalue weighted by Gasteiger charge is -2.11. The molecule has 0 spiro atoms. The molecule has 0 atom stereocenters. The number of aromatic nitrogens is 1. The molecule has 0 radical (unpaired) electrons. The van der Waals surface area contributed by atoms with E-state index in [0.717, 1.165) is 30.4 Å². The first-order valence-corrected chi connectivity index (χ1v) is 8.73. The number of halogens is 1. The number of unbranched alkanes of at least 4 members (excludes halogenated alkanes) is 1. The van der Waals surface area contributed by atoms with Crippen molar-refractivity contribution in [3.05, 3.63) is 46.2 Å². The molecule has 130 valence electrons. The summed E-state index contributed by atoms with van der Waals surface area (Å²) in [4.78, 5) is 9.70. The molecule has 2 rings (SSSR count). The molecule has 0 saturated heterocycles. The Bertz CT molecular complexity index is 642. The second-order valence-corrected chi connectivity index (χ2v) is 6.55. The summed E-state index contributed by atoms with van der Waals surface area (Å²) in [7, 11) is 1.75. The van der Waals surface area contributed by atoms with Crippen molar-refractivity contribution in [2.24, 2.45) is 4.99 Å². The molecular weight excluding hydrogens is 327 g/mol. The molecule has 2 N–H and O–H groups in total. The van der Waals surface area contributed by atoms with Crippen LogP contribution in [-0.4, -0.2) is 31.1 Å². The number of rotatable bonds is 8. The van der Waals surface area contributed by atoms with Crippen molar-refractivity contribution in [3.8, 4) is 5.75 Å². The predicted molar refractivity (Wildman–Crippen MR) is 96.2 cm³/mol. The van der Waals surface area contributed by atoms with E-state index in [9.17, 15) is 4.39 Å². The molecule has 0 aliphatic rings. The number of nitrogens with one attached hydrogen (secondary N) is 2. The SMILES string of the molecule is CN=C(NCCCCOc1ccc(F)cc1)NCc1ncc(C)s1. The van der Waals surface area contributed by atoms with Gasteiger partial charge in [-0.15, -0.1) is 11.3 Å². The van der Waals surface area contributed by atoms with Crippen LogP contribution < -0.4 is 15.4 Å². The molecule has 2 aromatic rings. The third kappa shape index (κ3) is 6.54. The molecule has 0 amide bonds. The lowest BCUT2D eigenvalue weighted by atomic mass is 10.3. The summed E-state index contributed by atoms with van der Waals surface area (Å²) in [5.74, 6) is 1.21. The number of hydrogen-bond acceptors (Lipinski definition) is 4. The largest absolute Gasteiger partial charge is 0.494 e. The van der Waals surface area contributed by atoms with E-state index < -0.39 is 0 Å². The highest BCUT2D eigenvalue weighted by Crippen LogP contribution is 2.11. The Morgan fingerprint density at radius 3 is 2.71 bits per heavy atom. The Morgan fingerprint density at radius 2 is 2.04 bits per heavy atom. The molecule has 5 nitrogen and oxygen atoms in total. The first-order valence-electron chi connectivity index (χ1n) is 7.91. The first kappa shape index (κ1) is 18.2. The normalized spacial score (nSPS) is 11.4. The first-order chi connectivity index (χ1) is 11.7. The summed E-state index contributed by atoms with van der Waals surface area (Å²) in [5, 5.41) is 7.55. The van der Waals surface area contributed by atoms with Crippen molar-refractivity contribution < 1.29 is 9.13 Å². The van der Waals surface area contributed by atoms with Crippen molar-refractivity contribution in [2.45, 2.75) is 26.3 Å². The van der Waals surface area contributed by atoms with Gasteiger partial charge < -0.3 is 15.4 Å². The van der Waals surface area contributed by atoms with E-state index >= 15 is 0 Å². The van der Waals surface area contributed by atoms with Crippen molar-refractivity contribution in [2.75, 3.05) is 20.2 Å². The minimum Gasteiger partial charge on any atom is -0.494 e. The van der Waals surface area contributed by atoms with E-state index in [1.165, 1.54) is 17.0 Å². The van der Waals surface area contributed by atoms with Gasteiger partial charge in [-0.1, -0.05) is 0 Å². The zero-order valence-corrected chi connectivity index (χ0v) is 14.8. The van der Waals surface area contributed by atoms with Crippen LogP contribution in [0, 0.1) is 12.7 Å². The van der Waals surface area contributed by atoms with Gasteiger partial charge in [0, 0.05) is 24.7 Å². The van der Waals surface area contributed by atoms with Crippen molar-refractivity contribution >= 4 is 17.3 Å². The maximum Gasteiger partial charge on any atom is 0.191 e. The minimum absolute atomic E-state index is 0.252. The van der Waals surface area contributed by atoms with Crippen molar-refractivity contribution in [3.63, 3.8) is 0 Å². The van der Waals surface area contributed by atoms with Crippen LogP contribution in [0.15, 0.2) is 35.5 Å². The van der Waals surface area contributed by atoms with Crippen molar-refractivity contribution in [1.29, 1.82) is 0 Å². The van der Waals surface area contributed by atoms with Crippen LogP contribution in [0.2, 0.25) is 0 Å². The number of nitrogens with zero attached hydrogens (tertiary/aromatic N) is 2. The molecule has 0 fully saturated rings. The maximum absolute atomic E-state index is 12.8. The quantitative estimate of drug-likeness (QED) is 0.436. The second kappa shape index (κ2) is 9.87. The van der Waals surface area contributed by atoms with E-state index in [0.29, 0.717) is 18.9 Å². The Labute approximate surface area is 146 Å². The number of aryl methyl sites for hydroxylation is 1.